The number of piperidine rings is 1. The van der Waals surface area contributed by atoms with Crippen LogP contribution in [0.4, 0.5) is 0 Å². The Morgan fingerprint density at radius 1 is 1.22 bits per heavy atom. The minimum atomic E-state index is 0.768. The highest BCUT2D eigenvalue weighted by molar-refractivity contribution is 4.97. The summed E-state index contributed by atoms with van der Waals surface area (Å²) in [6.07, 6.45) is 7.39. The molecule has 0 bridgehead atoms. The lowest BCUT2D eigenvalue weighted by molar-refractivity contribution is -0.0180. The molecule has 1 spiro atoms. The average molecular weight is 252 g/mol. The molecule has 0 aromatic rings. The van der Waals surface area contributed by atoms with Gasteiger partial charge in [0.05, 0.1) is 0 Å². The summed E-state index contributed by atoms with van der Waals surface area (Å²) >= 11 is 0. The molecule has 2 aliphatic rings. The molecule has 18 heavy (non-hydrogen) atoms. The fourth-order valence-corrected chi connectivity index (χ4v) is 3.99. The predicted octanol–water partition coefficient (Wildman–Crippen LogP) is 3.13. The van der Waals surface area contributed by atoms with Crippen LogP contribution in [0.1, 0.15) is 52.9 Å². The maximum absolute atomic E-state index is 3.46. The fraction of sp³-hybridized carbons (Fsp3) is 1.00. The Labute approximate surface area is 114 Å². The van der Waals surface area contributed by atoms with Gasteiger partial charge in [0.25, 0.3) is 0 Å². The Morgan fingerprint density at radius 3 is 2.44 bits per heavy atom. The van der Waals surface area contributed by atoms with E-state index in [-0.39, 0.29) is 0 Å². The maximum atomic E-state index is 3.46. The SMILES string of the molecule is CCNCCC1CC2(CCN(CC(C)C)CC2)C1. The quantitative estimate of drug-likeness (QED) is 0.731. The molecule has 2 nitrogen and oxygen atoms in total. The van der Waals surface area contributed by atoms with Gasteiger partial charge in [0.1, 0.15) is 0 Å². The number of likely N-dealkylation sites (tertiary alicyclic amines) is 1. The van der Waals surface area contributed by atoms with Crippen LogP contribution in [0.3, 0.4) is 0 Å². The van der Waals surface area contributed by atoms with Crippen molar-refractivity contribution in [2.24, 2.45) is 17.3 Å². The molecular formula is C16H32N2. The lowest BCUT2D eigenvalue weighted by Gasteiger charge is -2.52. The van der Waals surface area contributed by atoms with E-state index in [1.165, 1.54) is 58.3 Å². The molecule has 1 saturated carbocycles. The Kier molecular flexibility index (Phi) is 5.08. The number of nitrogens with one attached hydrogen (secondary N) is 1. The first-order chi connectivity index (χ1) is 8.63. The number of hydrogen-bond acceptors (Lipinski definition) is 2. The van der Waals surface area contributed by atoms with Gasteiger partial charge >= 0.3 is 0 Å². The van der Waals surface area contributed by atoms with Gasteiger partial charge in [-0.05, 0) is 75.5 Å². The summed E-state index contributed by atoms with van der Waals surface area (Å²) in [5, 5.41) is 3.46. The molecule has 2 fully saturated rings. The van der Waals surface area contributed by atoms with Crippen LogP contribution in [0.5, 0.6) is 0 Å². The molecule has 106 valence electrons. The molecule has 1 aliphatic heterocycles. The molecule has 0 aromatic heterocycles. The molecule has 2 heteroatoms. The van der Waals surface area contributed by atoms with E-state index in [4.69, 9.17) is 0 Å². The first-order valence-electron chi connectivity index (χ1n) is 8.06. The van der Waals surface area contributed by atoms with E-state index >= 15 is 0 Å². The van der Waals surface area contributed by atoms with Crippen LogP contribution in [0.2, 0.25) is 0 Å². The van der Waals surface area contributed by atoms with Crippen molar-refractivity contribution in [3.63, 3.8) is 0 Å². The summed E-state index contributed by atoms with van der Waals surface area (Å²) in [4.78, 5) is 2.68. The van der Waals surface area contributed by atoms with Crippen molar-refractivity contribution in [1.29, 1.82) is 0 Å². The molecule has 1 saturated heterocycles. The smallest absolute Gasteiger partial charge is 0.000439 e. The maximum Gasteiger partial charge on any atom is 0.000439 e. The summed E-state index contributed by atoms with van der Waals surface area (Å²) in [6.45, 7) is 13.3. The van der Waals surface area contributed by atoms with Gasteiger partial charge in [-0.1, -0.05) is 20.8 Å². The van der Waals surface area contributed by atoms with Gasteiger partial charge in [-0.15, -0.1) is 0 Å². The minimum absolute atomic E-state index is 0.768. The molecule has 0 amide bonds. The summed E-state index contributed by atoms with van der Waals surface area (Å²) < 4.78 is 0. The standard InChI is InChI=1S/C16H32N2/c1-4-17-8-5-15-11-16(12-15)6-9-18(10-7-16)13-14(2)3/h14-15,17H,4-13H2,1-3H3. The highest BCUT2D eigenvalue weighted by atomic mass is 15.1. The van der Waals surface area contributed by atoms with Crippen molar-refractivity contribution in [1.82, 2.24) is 10.2 Å². The van der Waals surface area contributed by atoms with Crippen LogP contribution < -0.4 is 5.32 Å². The molecule has 2 rings (SSSR count). The second-order valence-corrected chi connectivity index (χ2v) is 7.11. The van der Waals surface area contributed by atoms with Crippen LogP contribution in [-0.2, 0) is 0 Å². The van der Waals surface area contributed by atoms with E-state index in [1.54, 1.807) is 0 Å². The zero-order valence-electron chi connectivity index (χ0n) is 12.7. The fourth-order valence-electron chi connectivity index (χ4n) is 3.99. The first-order valence-corrected chi connectivity index (χ1v) is 8.06. The van der Waals surface area contributed by atoms with Crippen LogP contribution >= 0.6 is 0 Å². The van der Waals surface area contributed by atoms with Crippen molar-refractivity contribution in [2.45, 2.75) is 52.9 Å². The Morgan fingerprint density at radius 2 is 1.89 bits per heavy atom. The topological polar surface area (TPSA) is 15.3 Å². The Balaban J connectivity index is 1.62. The molecule has 1 aliphatic carbocycles. The highest BCUT2D eigenvalue weighted by Crippen LogP contribution is 2.53. The van der Waals surface area contributed by atoms with Gasteiger partial charge in [0.2, 0.25) is 0 Å². The average Bonchev–Trinajstić information content (AvgIpc) is 2.29. The Hall–Kier alpha value is -0.0800. The van der Waals surface area contributed by atoms with Crippen LogP contribution in [-0.4, -0.2) is 37.6 Å². The Bertz CT molecular complexity index is 233. The van der Waals surface area contributed by atoms with Crippen molar-refractivity contribution >= 4 is 0 Å². The zero-order chi connectivity index (χ0) is 13.0. The second kappa shape index (κ2) is 6.38. The monoisotopic (exact) mass is 252 g/mol. The third-order valence-corrected chi connectivity index (χ3v) is 4.96. The normalized spacial score (nSPS) is 24.7. The van der Waals surface area contributed by atoms with Gasteiger partial charge in [0, 0.05) is 6.54 Å². The molecule has 0 radical (unpaired) electrons. The summed E-state index contributed by atoms with van der Waals surface area (Å²) in [5.41, 5.74) is 0.768. The zero-order valence-corrected chi connectivity index (χ0v) is 12.7. The van der Waals surface area contributed by atoms with Gasteiger partial charge in [0.15, 0.2) is 0 Å². The van der Waals surface area contributed by atoms with Crippen molar-refractivity contribution in [3.8, 4) is 0 Å². The van der Waals surface area contributed by atoms with Crippen LogP contribution in [0.15, 0.2) is 0 Å². The van der Waals surface area contributed by atoms with E-state index in [9.17, 15) is 0 Å². The molecular weight excluding hydrogens is 220 g/mol. The molecule has 0 aromatic carbocycles. The number of nitrogens with zero attached hydrogens (tertiary/aromatic N) is 1. The lowest BCUT2D eigenvalue weighted by Crippen LogP contribution is -2.48. The van der Waals surface area contributed by atoms with Gasteiger partial charge in [-0.3, -0.25) is 0 Å². The highest BCUT2D eigenvalue weighted by Gasteiger charge is 2.44. The van der Waals surface area contributed by atoms with Crippen molar-refractivity contribution in [3.05, 3.63) is 0 Å². The van der Waals surface area contributed by atoms with E-state index < -0.39 is 0 Å². The van der Waals surface area contributed by atoms with E-state index in [0.29, 0.717) is 0 Å². The summed E-state index contributed by atoms with van der Waals surface area (Å²) in [6, 6.07) is 0. The molecule has 1 N–H and O–H groups in total. The van der Waals surface area contributed by atoms with Gasteiger partial charge < -0.3 is 10.2 Å². The summed E-state index contributed by atoms with van der Waals surface area (Å²) in [5.74, 6) is 1.86. The summed E-state index contributed by atoms with van der Waals surface area (Å²) in [7, 11) is 0. The first kappa shape index (κ1) is 14.3. The van der Waals surface area contributed by atoms with Crippen molar-refractivity contribution < 1.29 is 0 Å². The van der Waals surface area contributed by atoms with Crippen LogP contribution in [0.25, 0.3) is 0 Å². The third kappa shape index (κ3) is 3.71. The second-order valence-electron chi connectivity index (χ2n) is 7.11. The largest absolute Gasteiger partial charge is 0.317 e. The van der Waals surface area contributed by atoms with E-state index in [0.717, 1.165) is 23.8 Å². The van der Waals surface area contributed by atoms with Crippen LogP contribution in [0, 0.1) is 17.3 Å². The molecule has 1 heterocycles. The lowest BCUT2D eigenvalue weighted by atomic mass is 9.57. The predicted molar refractivity (Wildman–Crippen MR) is 78.8 cm³/mol. The van der Waals surface area contributed by atoms with E-state index in [1.807, 2.05) is 0 Å². The third-order valence-electron chi connectivity index (χ3n) is 4.96. The number of rotatable bonds is 6. The van der Waals surface area contributed by atoms with Gasteiger partial charge in [-0.25, -0.2) is 0 Å². The number of hydrogen-bond donors (Lipinski definition) is 1. The van der Waals surface area contributed by atoms with Crippen molar-refractivity contribution in [2.75, 3.05) is 32.7 Å². The molecule has 0 atom stereocenters. The van der Waals surface area contributed by atoms with E-state index in [2.05, 4.69) is 31.0 Å². The van der Waals surface area contributed by atoms with Gasteiger partial charge in [-0.2, -0.15) is 0 Å². The molecule has 0 unspecified atom stereocenters. The minimum Gasteiger partial charge on any atom is -0.317 e.